The van der Waals surface area contributed by atoms with Gasteiger partial charge in [-0.25, -0.2) is 0 Å². The summed E-state index contributed by atoms with van der Waals surface area (Å²) in [5, 5.41) is 12.1. The van der Waals surface area contributed by atoms with E-state index >= 15 is 0 Å². The summed E-state index contributed by atoms with van der Waals surface area (Å²) in [6.45, 7) is 2.12. The summed E-state index contributed by atoms with van der Waals surface area (Å²) in [4.78, 5) is 0.908. The summed E-state index contributed by atoms with van der Waals surface area (Å²) < 4.78 is 5.12. The number of aliphatic hydroxyl groups excluding tert-OH is 1. The molecule has 0 saturated heterocycles. The van der Waals surface area contributed by atoms with Crippen LogP contribution in [0.3, 0.4) is 0 Å². The smallest absolute Gasteiger partial charge is 0.129 e. The van der Waals surface area contributed by atoms with Gasteiger partial charge in [-0.3, -0.25) is 0 Å². The Morgan fingerprint density at radius 1 is 1.29 bits per heavy atom. The van der Waals surface area contributed by atoms with Crippen LogP contribution in [0.4, 0.5) is 0 Å². The van der Waals surface area contributed by atoms with Crippen LogP contribution < -0.4 is 4.74 Å². The minimum absolute atomic E-state index is 0.560. The average molecular weight is 248 g/mol. The van der Waals surface area contributed by atoms with Crippen molar-refractivity contribution in [3.63, 3.8) is 0 Å². The van der Waals surface area contributed by atoms with E-state index in [0.29, 0.717) is 0 Å². The van der Waals surface area contributed by atoms with Crippen LogP contribution in [0.1, 0.15) is 29.0 Å². The second-order valence-electron chi connectivity index (χ2n) is 3.89. The number of ether oxygens (including phenoxy) is 1. The lowest BCUT2D eigenvalue weighted by Crippen LogP contribution is -1.97. The molecule has 1 unspecified atom stereocenters. The van der Waals surface area contributed by atoms with Crippen molar-refractivity contribution in [2.45, 2.75) is 19.4 Å². The molecule has 90 valence electrons. The normalized spacial score (nSPS) is 12.4. The summed E-state index contributed by atoms with van der Waals surface area (Å²) in [6.07, 6.45) is 0.457. The molecule has 0 radical (unpaired) electrons. The number of methoxy groups -OCH3 is 1. The van der Waals surface area contributed by atoms with Gasteiger partial charge in [0, 0.05) is 10.3 Å². The minimum atomic E-state index is -0.560. The molecule has 2 rings (SSSR count). The highest BCUT2D eigenvalue weighted by molar-refractivity contribution is 7.10. The predicted octanol–water partition coefficient (Wildman–Crippen LogP) is 3.40. The van der Waals surface area contributed by atoms with Crippen LogP contribution in [0, 0.1) is 0 Å². The first-order valence-electron chi connectivity index (χ1n) is 5.64. The molecule has 1 aromatic heterocycles. The first kappa shape index (κ1) is 12.1. The first-order chi connectivity index (χ1) is 8.24. The van der Waals surface area contributed by atoms with E-state index < -0.39 is 6.10 Å². The molecular weight excluding hydrogens is 232 g/mol. The SMILES string of the molecule is CCc1ccc(C(O)c2cc(OC)cs2)cc1. The number of hydrogen-bond acceptors (Lipinski definition) is 3. The molecule has 2 nitrogen and oxygen atoms in total. The van der Waals surface area contributed by atoms with Crippen molar-refractivity contribution in [3.05, 3.63) is 51.7 Å². The Balaban J connectivity index is 2.20. The molecule has 0 aliphatic heterocycles. The third-order valence-electron chi connectivity index (χ3n) is 2.80. The highest BCUT2D eigenvalue weighted by Gasteiger charge is 2.13. The van der Waals surface area contributed by atoms with Crippen LogP contribution in [-0.2, 0) is 6.42 Å². The molecule has 0 spiro atoms. The van der Waals surface area contributed by atoms with Gasteiger partial charge in [-0.1, -0.05) is 31.2 Å². The van der Waals surface area contributed by atoms with Gasteiger partial charge in [-0.05, 0) is 23.6 Å². The molecule has 0 aliphatic carbocycles. The Bertz CT molecular complexity index is 473. The number of hydrogen-bond donors (Lipinski definition) is 1. The standard InChI is InChI=1S/C14H16O2S/c1-3-10-4-6-11(7-5-10)14(15)13-8-12(16-2)9-17-13/h4-9,14-15H,3H2,1-2H3. The Hall–Kier alpha value is -1.32. The number of rotatable bonds is 4. The summed E-state index contributed by atoms with van der Waals surface area (Å²) in [5.41, 5.74) is 2.21. The maximum Gasteiger partial charge on any atom is 0.129 e. The fourth-order valence-corrected chi connectivity index (χ4v) is 2.55. The molecule has 17 heavy (non-hydrogen) atoms. The van der Waals surface area contributed by atoms with Crippen molar-refractivity contribution < 1.29 is 9.84 Å². The van der Waals surface area contributed by atoms with E-state index in [2.05, 4.69) is 19.1 Å². The van der Waals surface area contributed by atoms with Gasteiger partial charge in [0.15, 0.2) is 0 Å². The fraction of sp³-hybridized carbons (Fsp3) is 0.286. The molecule has 0 amide bonds. The van der Waals surface area contributed by atoms with Gasteiger partial charge >= 0.3 is 0 Å². The highest BCUT2D eigenvalue weighted by atomic mass is 32.1. The molecule has 0 saturated carbocycles. The first-order valence-corrected chi connectivity index (χ1v) is 6.52. The van der Waals surface area contributed by atoms with E-state index in [9.17, 15) is 5.11 Å². The van der Waals surface area contributed by atoms with Gasteiger partial charge < -0.3 is 9.84 Å². The number of aryl methyl sites for hydroxylation is 1. The zero-order valence-electron chi connectivity index (χ0n) is 10.0. The molecule has 0 fully saturated rings. The molecule has 0 aliphatic rings. The average Bonchev–Trinajstić information content (AvgIpc) is 2.87. The lowest BCUT2D eigenvalue weighted by Gasteiger charge is -2.09. The molecular formula is C14H16O2S. The number of benzene rings is 1. The van der Waals surface area contributed by atoms with E-state index in [0.717, 1.165) is 22.6 Å². The van der Waals surface area contributed by atoms with Gasteiger partial charge in [0.05, 0.1) is 7.11 Å². The fourth-order valence-electron chi connectivity index (χ4n) is 1.68. The predicted molar refractivity (Wildman–Crippen MR) is 70.8 cm³/mol. The molecule has 2 aromatic rings. The van der Waals surface area contributed by atoms with Gasteiger partial charge in [0.2, 0.25) is 0 Å². The van der Waals surface area contributed by atoms with Crippen LogP contribution in [0.2, 0.25) is 0 Å². The minimum Gasteiger partial charge on any atom is -0.496 e. The maximum absolute atomic E-state index is 10.2. The monoisotopic (exact) mass is 248 g/mol. The summed E-state index contributed by atoms with van der Waals surface area (Å²) in [6, 6.07) is 9.96. The van der Waals surface area contributed by atoms with Gasteiger partial charge in [0.25, 0.3) is 0 Å². The van der Waals surface area contributed by atoms with Gasteiger partial charge in [0.1, 0.15) is 11.9 Å². The Morgan fingerprint density at radius 2 is 2.00 bits per heavy atom. The van der Waals surface area contributed by atoms with Crippen LogP contribution in [-0.4, -0.2) is 12.2 Å². The van der Waals surface area contributed by atoms with Crippen molar-refractivity contribution >= 4 is 11.3 Å². The lowest BCUT2D eigenvalue weighted by molar-refractivity contribution is 0.224. The molecule has 3 heteroatoms. The third-order valence-corrected chi connectivity index (χ3v) is 3.77. The Labute approximate surface area is 105 Å². The van der Waals surface area contributed by atoms with E-state index in [1.807, 2.05) is 23.6 Å². The van der Waals surface area contributed by atoms with Crippen LogP contribution in [0.25, 0.3) is 0 Å². The van der Waals surface area contributed by atoms with Crippen molar-refractivity contribution in [1.82, 2.24) is 0 Å². The van der Waals surface area contributed by atoms with Crippen molar-refractivity contribution in [2.24, 2.45) is 0 Å². The van der Waals surface area contributed by atoms with E-state index in [4.69, 9.17) is 4.74 Å². The van der Waals surface area contributed by atoms with Crippen LogP contribution in [0.15, 0.2) is 35.7 Å². The second-order valence-corrected chi connectivity index (χ2v) is 4.83. The summed E-state index contributed by atoms with van der Waals surface area (Å²) >= 11 is 1.51. The highest BCUT2D eigenvalue weighted by Crippen LogP contribution is 2.30. The van der Waals surface area contributed by atoms with E-state index in [1.54, 1.807) is 7.11 Å². The van der Waals surface area contributed by atoms with Crippen molar-refractivity contribution in [1.29, 1.82) is 0 Å². The van der Waals surface area contributed by atoms with E-state index in [-0.39, 0.29) is 0 Å². The Morgan fingerprint density at radius 3 is 2.53 bits per heavy atom. The molecule has 0 bridgehead atoms. The largest absolute Gasteiger partial charge is 0.496 e. The van der Waals surface area contributed by atoms with Crippen molar-refractivity contribution in [2.75, 3.05) is 7.11 Å². The zero-order chi connectivity index (χ0) is 12.3. The number of thiophene rings is 1. The molecule has 1 N–H and O–H groups in total. The van der Waals surface area contributed by atoms with Gasteiger partial charge in [-0.2, -0.15) is 0 Å². The third kappa shape index (κ3) is 2.68. The molecule has 1 atom stereocenters. The second kappa shape index (κ2) is 5.34. The van der Waals surface area contributed by atoms with E-state index in [1.165, 1.54) is 16.9 Å². The van der Waals surface area contributed by atoms with Crippen LogP contribution >= 0.6 is 11.3 Å². The molecule has 1 heterocycles. The lowest BCUT2D eigenvalue weighted by atomic mass is 10.0. The van der Waals surface area contributed by atoms with Crippen molar-refractivity contribution in [3.8, 4) is 5.75 Å². The summed E-state index contributed by atoms with van der Waals surface area (Å²) in [7, 11) is 1.63. The zero-order valence-corrected chi connectivity index (χ0v) is 10.8. The topological polar surface area (TPSA) is 29.5 Å². The van der Waals surface area contributed by atoms with Crippen LogP contribution in [0.5, 0.6) is 5.75 Å². The quantitative estimate of drug-likeness (QED) is 0.898. The maximum atomic E-state index is 10.2. The Kier molecular flexibility index (Phi) is 3.82. The number of aliphatic hydroxyl groups is 1. The van der Waals surface area contributed by atoms with Gasteiger partial charge in [-0.15, -0.1) is 11.3 Å². The molecule has 1 aromatic carbocycles. The summed E-state index contributed by atoms with van der Waals surface area (Å²) in [5.74, 6) is 0.800.